The number of hydrogen-bond donors (Lipinski definition) is 0. The Kier molecular flexibility index (Phi) is 5.81. The van der Waals surface area contributed by atoms with Crippen molar-refractivity contribution in [1.29, 1.82) is 0 Å². The smallest absolute Gasteiger partial charge is 0.260 e. The van der Waals surface area contributed by atoms with Gasteiger partial charge in [-0.3, -0.25) is 9.48 Å². The summed E-state index contributed by atoms with van der Waals surface area (Å²) in [6.45, 7) is 6.67. The third kappa shape index (κ3) is 4.56. The third-order valence-electron chi connectivity index (χ3n) is 4.91. The Balaban J connectivity index is 1.45. The molecule has 140 valence electrons. The second kappa shape index (κ2) is 8.25. The summed E-state index contributed by atoms with van der Waals surface area (Å²) in [6, 6.07) is 9.42. The molecule has 0 radical (unpaired) electrons. The van der Waals surface area contributed by atoms with Crippen molar-refractivity contribution in [3.63, 3.8) is 0 Å². The highest BCUT2D eigenvalue weighted by atomic mass is 16.5. The standard InChI is InChI=1S/C20H27N3O3/c1-15-11-16(2)23(21-15)13-17-7-9-22(10-8-17)20(24)14-26-19-6-4-5-18(12-19)25-3/h4-6,11-12,17H,7-10,13-14H2,1-3H3. The average Bonchev–Trinajstić information content (AvgIpc) is 2.97. The molecule has 6 nitrogen and oxygen atoms in total. The van der Waals surface area contributed by atoms with E-state index in [4.69, 9.17) is 9.47 Å². The molecular weight excluding hydrogens is 330 g/mol. The van der Waals surface area contributed by atoms with Crippen molar-refractivity contribution in [2.24, 2.45) is 5.92 Å². The molecule has 1 aliphatic rings. The molecule has 0 bridgehead atoms. The van der Waals surface area contributed by atoms with Crippen molar-refractivity contribution in [2.75, 3.05) is 26.8 Å². The van der Waals surface area contributed by atoms with Crippen LogP contribution in [0.4, 0.5) is 0 Å². The number of ether oxygens (including phenoxy) is 2. The van der Waals surface area contributed by atoms with E-state index in [1.54, 1.807) is 13.2 Å². The number of nitrogens with zero attached hydrogens (tertiary/aromatic N) is 3. The van der Waals surface area contributed by atoms with Crippen LogP contribution in [0, 0.1) is 19.8 Å². The van der Waals surface area contributed by atoms with Gasteiger partial charge in [0.15, 0.2) is 6.61 Å². The maximum atomic E-state index is 12.4. The Labute approximate surface area is 154 Å². The molecule has 6 heteroatoms. The van der Waals surface area contributed by atoms with Crippen LogP contribution in [-0.2, 0) is 11.3 Å². The fourth-order valence-corrected chi connectivity index (χ4v) is 3.40. The van der Waals surface area contributed by atoms with Crippen LogP contribution >= 0.6 is 0 Å². The van der Waals surface area contributed by atoms with E-state index in [9.17, 15) is 4.79 Å². The number of likely N-dealkylation sites (tertiary alicyclic amines) is 1. The topological polar surface area (TPSA) is 56.6 Å². The molecule has 0 N–H and O–H groups in total. The van der Waals surface area contributed by atoms with Crippen LogP contribution in [-0.4, -0.2) is 47.4 Å². The number of benzene rings is 1. The van der Waals surface area contributed by atoms with Crippen LogP contribution in [0.1, 0.15) is 24.2 Å². The van der Waals surface area contributed by atoms with Crippen LogP contribution in [0.5, 0.6) is 11.5 Å². The van der Waals surface area contributed by atoms with E-state index in [1.165, 1.54) is 5.69 Å². The van der Waals surface area contributed by atoms with Crippen LogP contribution < -0.4 is 9.47 Å². The molecule has 0 saturated carbocycles. The number of amides is 1. The van der Waals surface area contributed by atoms with Gasteiger partial charge < -0.3 is 14.4 Å². The molecule has 2 heterocycles. The van der Waals surface area contributed by atoms with E-state index in [1.807, 2.05) is 30.0 Å². The van der Waals surface area contributed by atoms with Gasteiger partial charge in [0.05, 0.1) is 12.8 Å². The zero-order valence-corrected chi connectivity index (χ0v) is 15.8. The summed E-state index contributed by atoms with van der Waals surface area (Å²) >= 11 is 0. The minimum atomic E-state index is 0.0392. The lowest BCUT2D eigenvalue weighted by atomic mass is 9.97. The highest BCUT2D eigenvalue weighted by Crippen LogP contribution is 2.21. The van der Waals surface area contributed by atoms with Crippen molar-refractivity contribution in [3.05, 3.63) is 41.7 Å². The molecule has 1 fully saturated rings. The van der Waals surface area contributed by atoms with Gasteiger partial charge in [-0.15, -0.1) is 0 Å². The number of carbonyl (C=O) groups is 1. The highest BCUT2D eigenvalue weighted by molar-refractivity contribution is 5.77. The van der Waals surface area contributed by atoms with E-state index in [2.05, 4.69) is 22.8 Å². The predicted molar refractivity (Wildman–Crippen MR) is 99.5 cm³/mol. The summed E-state index contributed by atoms with van der Waals surface area (Å²) in [4.78, 5) is 14.3. The predicted octanol–water partition coefficient (Wildman–Crippen LogP) is 2.83. The van der Waals surface area contributed by atoms with Crippen LogP contribution in [0.15, 0.2) is 30.3 Å². The lowest BCUT2D eigenvalue weighted by Gasteiger charge is -2.32. The SMILES string of the molecule is COc1cccc(OCC(=O)N2CCC(Cn3nc(C)cc3C)CC2)c1. The van der Waals surface area contributed by atoms with Gasteiger partial charge in [0, 0.05) is 31.4 Å². The summed E-state index contributed by atoms with van der Waals surface area (Å²) in [5.41, 5.74) is 2.26. The summed E-state index contributed by atoms with van der Waals surface area (Å²) in [5, 5.41) is 4.54. The number of methoxy groups -OCH3 is 1. The molecule has 1 saturated heterocycles. The van der Waals surface area contributed by atoms with Gasteiger partial charge in [0.2, 0.25) is 0 Å². The maximum Gasteiger partial charge on any atom is 0.260 e. The number of hydrogen-bond acceptors (Lipinski definition) is 4. The summed E-state index contributed by atoms with van der Waals surface area (Å²) < 4.78 is 12.9. The Morgan fingerprint density at radius 3 is 2.58 bits per heavy atom. The molecule has 1 amide bonds. The first kappa shape index (κ1) is 18.3. The Hall–Kier alpha value is -2.50. The fourth-order valence-electron chi connectivity index (χ4n) is 3.40. The van der Waals surface area contributed by atoms with Gasteiger partial charge in [0.25, 0.3) is 5.91 Å². The van der Waals surface area contributed by atoms with Crippen molar-refractivity contribution in [3.8, 4) is 11.5 Å². The van der Waals surface area contributed by atoms with Gasteiger partial charge in [-0.05, 0) is 50.8 Å². The second-order valence-corrected chi connectivity index (χ2v) is 6.90. The molecule has 2 aromatic rings. The van der Waals surface area contributed by atoms with Crippen molar-refractivity contribution in [2.45, 2.75) is 33.2 Å². The van der Waals surface area contributed by atoms with Gasteiger partial charge in [-0.25, -0.2) is 0 Å². The van der Waals surface area contributed by atoms with E-state index < -0.39 is 0 Å². The molecule has 1 aromatic heterocycles. The Bertz CT molecular complexity index is 749. The number of carbonyl (C=O) groups excluding carboxylic acids is 1. The lowest BCUT2D eigenvalue weighted by molar-refractivity contribution is -0.134. The molecule has 0 atom stereocenters. The average molecular weight is 357 g/mol. The zero-order valence-electron chi connectivity index (χ0n) is 15.8. The largest absolute Gasteiger partial charge is 0.497 e. The summed E-state index contributed by atoms with van der Waals surface area (Å²) in [7, 11) is 1.61. The van der Waals surface area contributed by atoms with Gasteiger partial charge >= 0.3 is 0 Å². The summed E-state index contributed by atoms with van der Waals surface area (Å²) in [6.07, 6.45) is 2.01. The van der Waals surface area contributed by atoms with Crippen LogP contribution in [0.3, 0.4) is 0 Å². The highest BCUT2D eigenvalue weighted by Gasteiger charge is 2.24. The van der Waals surface area contributed by atoms with E-state index in [0.29, 0.717) is 11.7 Å². The molecule has 1 aromatic carbocycles. The molecular formula is C20H27N3O3. The monoisotopic (exact) mass is 357 g/mol. The summed E-state index contributed by atoms with van der Waals surface area (Å²) in [5.74, 6) is 1.98. The van der Waals surface area contributed by atoms with Gasteiger partial charge in [-0.2, -0.15) is 5.10 Å². The number of piperidine rings is 1. The molecule has 3 rings (SSSR count). The zero-order chi connectivity index (χ0) is 18.5. The number of rotatable bonds is 6. The van der Waals surface area contributed by atoms with Gasteiger partial charge in [-0.1, -0.05) is 6.07 Å². The van der Waals surface area contributed by atoms with E-state index in [0.717, 1.165) is 43.9 Å². The number of aromatic nitrogens is 2. The first-order valence-electron chi connectivity index (χ1n) is 9.11. The first-order chi connectivity index (χ1) is 12.5. The Morgan fingerprint density at radius 1 is 1.19 bits per heavy atom. The van der Waals surface area contributed by atoms with Crippen molar-refractivity contribution in [1.82, 2.24) is 14.7 Å². The maximum absolute atomic E-state index is 12.4. The first-order valence-corrected chi connectivity index (χ1v) is 9.11. The molecule has 1 aliphatic heterocycles. The minimum absolute atomic E-state index is 0.0392. The van der Waals surface area contributed by atoms with Crippen LogP contribution in [0.2, 0.25) is 0 Å². The lowest BCUT2D eigenvalue weighted by Crippen LogP contribution is -2.41. The van der Waals surface area contributed by atoms with Crippen molar-refractivity contribution < 1.29 is 14.3 Å². The second-order valence-electron chi connectivity index (χ2n) is 6.90. The van der Waals surface area contributed by atoms with Crippen LogP contribution in [0.25, 0.3) is 0 Å². The fraction of sp³-hybridized carbons (Fsp3) is 0.500. The Morgan fingerprint density at radius 2 is 1.92 bits per heavy atom. The normalized spacial score (nSPS) is 15.1. The molecule has 0 aliphatic carbocycles. The van der Waals surface area contributed by atoms with Gasteiger partial charge in [0.1, 0.15) is 11.5 Å². The molecule has 0 unspecified atom stereocenters. The van der Waals surface area contributed by atoms with E-state index >= 15 is 0 Å². The minimum Gasteiger partial charge on any atom is -0.497 e. The molecule has 26 heavy (non-hydrogen) atoms. The molecule has 0 spiro atoms. The number of aryl methyl sites for hydroxylation is 2. The third-order valence-corrected chi connectivity index (χ3v) is 4.91. The van der Waals surface area contributed by atoms with Crippen molar-refractivity contribution >= 4 is 5.91 Å². The van der Waals surface area contributed by atoms with E-state index in [-0.39, 0.29) is 12.5 Å². The quantitative estimate of drug-likeness (QED) is 0.798.